The predicted octanol–water partition coefficient (Wildman–Crippen LogP) is 2.86. The Labute approximate surface area is 121 Å². The number of benzene rings is 2. The van der Waals surface area contributed by atoms with E-state index < -0.39 is 6.10 Å². The largest absolute Gasteiger partial charge is 0.480 e. The highest BCUT2D eigenvalue weighted by Crippen LogP contribution is 2.29. The van der Waals surface area contributed by atoms with Gasteiger partial charge in [0.15, 0.2) is 6.10 Å². The minimum Gasteiger partial charge on any atom is -0.480 e. The lowest BCUT2D eigenvalue weighted by atomic mass is 10.1. The summed E-state index contributed by atoms with van der Waals surface area (Å²) >= 11 is 5.92. The van der Waals surface area contributed by atoms with Gasteiger partial charge in [-0.05, 0) is 29.8 Å². The average Bonchev–Trinajstić information content (AvgIpc) is 2.87. The lowest BCUT2D eigenvalue weighted by molar-refractivity contribution is -0.122. The zero-order valence-electron chi connectivity index (χ0n) is 10.6. The average molecular weight is 289 g/mol. The van der Waals surface area contributed by atoms with Gasteiger partial charge in [-0.15, -0.1) is 0 Å². The van der Waals surface area contributed by atoms with Gasteiger partial charge in [0, 0.05) is 12.1 Å². The molecule has 102 valence electrons. The second-order valence-corrected chi connectivity index (χ2v) is 5.05. The number of para-hydroxylation sites is 1. The van der Waals surface area contributed by atoms with E-state index in [9.17, 15) is 4.79 Å². The van der Waals surface area contributed by atoms with Crippen molar-refractivity contribution in [2.75, 3.05) is 11.1 Å². The van der Waals surface area contributed by atoms with Gasteiger partial charge in [0.1, 0.15) is 5.75 Å². The number of ether oxygens (including phenoxy) is 1. The first-order chi connectivity index (χ1) is 9.63. The van der Waals surface area contributed by atoms with E-state index in [0.717, 1.165) is 11.3 Å². The van der Waals surface area contributed by atoms with Crippen LogP contribution in [-0.4, -0.2) is 12.0 Å². The zero-order valence-corrected chi connectivity index (χ0v) is 11.4. The molecule has 0 radical (unpaired) electrons. The number of hydrogen-bond donors (Lipinski definition) is 2. The van der Waals surface area contributed by atoms with E-state index in [1.807, 2.05) is 24.3 Å². The van der Waals surface area contributed by atoms with Crippen LogP contribution < -0.4 is 15.8 Å². The number of anilines is 2. The van der Waals surface area contributed by atoms with Crippen LogP contribution in [0.1, 0.15) is 5.56 Å². The third-order valence-electron chi connectivity index (χ3n) is 3.21. The Bertz CT molecular complexity index is 648. The molecule has 2 aromatic rings. The van der Waals surface area contributed by atoms with Gasteiger partial charge < -0.3 is 15.8 Å². The van der Waals surface area contributed by atoms with Crippen LogP contribution in [0.25, 0.3) is 0 Å². The Kier molecular flexibility index (Phi) is 3.24. The molecule has 0 aliphatic carbocycles. The van der Waals surface area contributed by atoms with Crippen LogP contribution in [0.4, 0.5) is 11.4 Å². The van der Waals surface area contributed by atoms with Crippen molar-refractivity contribution in [3.63, 3.8) is 0 Å². The first-order valence-corrected chi connectivity index (χ1v) is 6.62. The van der Waals surface area contributed by atoms with Gasteiger partial charge in [0.2, 0.25) is 0 Å². The Morgan fingerprint density at radius 1 is 1.30 bits per heavy atom. The maximum atomic E-state index is 12.2. The SMILES string of the molecule is Nc1ccc(NC(=O)C2Cc3ccccc3O2)cc1Cl. The molecule has 1 heterocycles. The monoisotopic (exact) mass is 288 g/mol. The van der Waals surface area contributed by atoms with Crippen LogP contribution in [0.15, 0.2) is 42.5 Å². The first-order valence-electron chi connectivity index (χ1n) is 6.24. The number of carbonyl (C=O) groups is 1. The molecule has 0 saturated carbocycles. The number of rotatable bonds is 2. The summed E-state index contributed by atoms with van der Waals surface area (Å²) in [5, 5.41) is 3.20. The zero-order chi connectivity index (χ0) is 14.1. The van der Waals surface area contributed by atoms with Crippen LogP contribution in [0.3, 0.4) is 0 Å². The fraction of sp³-hybridized carbons (Fsp3) is 0.133. The number of hydrogen-bond acceptors (Lipinski definition) is 3. The molecule has 1 aliphatic heterocycles. The summed E-state index contributed by atoms with van der Waals surface area (Å²) < 4.78 is 5.63. The number of halogens is 1. The van der Waals surface area contributed by atoms with Crippen LogP contribution in [-0.2, 0) is 11.2 Å². The summed E-state index contributed by atoms with van der Waals surface area (Å²) in [6.07, 6.45) is 0.0637. The van der Waals surface area contributed by atoms with E-state index in [1.165, 1.54) is 0 Å². The molecule has 1 unspecified atom stereocenters. The topological polar surface area (TPSA) is 64.3 Å². The molecule has 0 bridgehead atoms. The fourth-order valence-corrected chi connectivity index (χ4v) is 2.34. The number of nitrogens with two attached hydrogens (primary N) is 1. The normalized spacial score (nSPS) is 16.4. The van der Waals surface area contributed by atoms with E-state index >= 15 is 0 Å². The van der Waals surface area contributed by atoms with Crippen molar-refractivity contribution in [3.05, 3.63) is 53.1 Å². The first kappa shape index (κ1) is 12.8. The molecule has 3 rings (SSSR count). The Balaban J connectivity index is 1.71. The minimum atomic E-state index is -0.510. The summed E-state index contributed by atoms with van der Waals surface area (Å²) in [4.78, 5) is 12.2. The maximum Gasteiger partial charge on any atom is 0.265 e. The van der Waals surface area contributed by atoms with E-state index in [-0.39, 0.29) is 5.91 Å². The lowest BCUT2D eigenvalue weighted by Crippen LogP contribution is -2.31. The number of fused-ring (bicyclic) bond motifs is 1. The Morgan fingerprint density at radius 2 is 2.10 bits per heavy atom. The highest BCUT2D eigenvalue weighted by atomic mass is 35.5. The second-order valence-electron chi connectivity index (χ2n) is 4.64. The summed E-state index contributed by atoms with van der Waals surface area (Å²) in [6, 6.07) is 12.6. The van der Waals surface area contributed by atoms with Crippen LogP contribution in [0, 0.1) is 0 Å². The molecule has 0 fully saturated rings. The van der Waals surface area contributed by atoms with Crippen LogP contribution in [0.5, 0.6) is 5.75 Å². The van der Waals surface area contributed by atoms with Gasteiger partial charge in [0.25, 0.3) is 5.91 Å². The van der Waals surface area contributed by atoms with Crippen molar-refractivity contribution in [2.45, 2.75) is 12.5 Å². The number of nitrogen functional groups attached to an aromatic ring is 1. The third-order valence-corrected chi connectivity index (χ3v) is 3.53. The summed E-state index contributed by atoms with van der Waals surface area (Å²) in [5.41, 5.74) is 7.76. The predicted molar refractivity (Wildman–Crippen MR) is 79.1 cm³/mol. The van der Waals surface area contributed by atoms with Crippen molar-refractivity contribution in [1.82, 2.24) is 0 Å². The van der Waals surface area contributed by atoms with Gasteiger partial charge in [-0.3, -0.25) is 4.79 Å². The van der Waals surface area contributed by atoms with Crippen molar-refractivity contribution < 1.29 is 9.53 Å². The molecule has 1 amide bonds. The van der Waals surface area contributed by atoms with Gasteiger partial charge in [0.05, 0.1) is 10.7 Å². The number of nitrogens with one attached hydrogen (secondary N) is 1. The molecular weight excluding hydrogens is 276 g/mol. The van der Waals surface area contributed by atoms with E-state index in [0.29, 0.717) is 22.8 Å². The molecule has 1 aliphatic rings. The number of carbonyl (C=O) groups excluding carboxylic acids is 1. The Hall–Kier alpha value is -2.20. The van der Waals surface area contributed by atoms with Gasteiger partial charge in [-0.2, -0.15) is 0 Å². The quantitative estimate of drug-likeness (QED) is 0.835. The van der Waals surface area contributed by atoms with Crippen molar-refractivity contribution >= 4 is 28.9 Å². The standard InChI is InChI=1S/C15H13ClN2O2/c16-11-8-10(5-6-12(11)17)18-15(19)14-7-9-3-1-2-4-13(9)20-14/h1-6,8,14H,7,17H2,(H,18,19). The summed E-state index contributed by atoms with van der Waals surface area (Å²) in [6.45, 7) is 0. The highest BCUT2D eigenvalue weighted by Gasteiger charge is 2.28. The minimum absolute atomic E-state index is 0.193. The van der Waals surface area contributed by atoms with Crippen LogP contribution in [0.2, 0.25) is 5.02 Å². The Morgan fingerprint density at radius 3 is 2.85 bits per heavy atom. The second kappa shape index (κ2) is 5.06. The molecule has 4 nitrogen and oxygen atoms in total. The van der Waals surface area contributed by atoms with Crippen LogP contribution >= 0.6 is 11.6 Å². The molecule has 0 aromatic heterocycles. The number of amides is 1. The van der Waals surface area contributed by atoms with Crippen molar-refractivity contribution in [2.24, 2.45) is 0 Å². The highest BCUT2D eigenvalue weighted by molar-refractivity contribution is 6.33. The maximum absolute atomic E-state index is 12.2. The van der Waals surface area contributed by atoms with Gasteiger partial charge in [-0.1, -0.05) is 29.8 Å². The fourth-order valence-electron chi connectivity index (χ4n) is 2.16. The van der Waals surface area contributed by atoms with E-state index in [1.54, 1.807) is 18.2 Å². The van der Waals surface area contributed by atoms with E-state index in [2.05, 4.69) is 5.32 Å². The molecule has 1 atom stereocenters. The molecule has 0 spiro atoms. The molecular formula is C15H13ClN2O2. The van der Waals surface area contributed by atoms with Crippen molar-refractivity contribution in [1.29, 1.82) is 0 Å². The van der Waals surface area contributed by atoms with Crippen molar-refractivity contribution in [3.8, 4) is 5.75 Å². The van der Waals surface area contributed by atoms with Gasteiger partial charge in [-0.25, -0.2) is 0 Å². The molecule has 20 heavy (non-hydrogen) atoms. The molecule has 2 aromatic carbocycles. The molecule has 5 heteroatoms. The molecule has 3 N–H and O–H groups in total. The summed E-state index contributed by atoms with van der Waals surface area (Å²) in [5.74, 6) is 0.574. The third kappa shape index (κ3) is 2.42. The molecule has 0 saturated heterocycles. The lowest BCUT2D eigenvalue weighted by Gasteiger charge is -2.12. The van der Waals surface area contributed by atoms with Gasteiger partial charge >= 0.3 is 0 Å². The van der Waals surface area contributed by atoms with E-state index in [4.69, 9.17) is 22.1 Å². The smallest absolute Gasteiger partial charge is 0.265 e. The summed E-state index contributed by atoms with van der Waals surface area (Å²) in [7, 11) is 0.